The van der Waals surface area contributed by atoms with Crippen molar-refractivity contribution in [1.82, 2.24) is 0 Å². The van der Waals surface area contributed by atoms with Crippen molar-refractivity contribution in [1.29, 1.82) is 0 Å². The maximum atomic E-state index is 12.3. The normalized spacial score (nSPS) is 15.7. The smallest absolute Gasteiger partial charge is 0.204 e. The van der Waals surface area contributed by atoms with Crippen molar-refractivity contribution < 1.29 is 8.83 Å². The molecule has 3 aromatic heterocycles. The molecule has 0 amide bonds. The fraction of sp³-hybridized carbons (Fsp3) is 0.312. The number of nitrogens with zero attached hydrogens (tertiary/aromatic N) is 1. The SMILES string of the molecule is O=c1cc(N2CCCCC2)oc2c(-c3ccco3)csc12. The summed E-state index contributed by atoms with van der Waals surface area (Å²) in [5.74, 6) is 1.42. The zero-order chi connectivity index (χ0) is 14.2. The number of hydrogen-bond donors (Lipinski definition) is 0. The third-order valence-corrected chi connectivity index (χ3v) is 4.86. The Morgan fingerprint density at radius 3 is 2.81 bits per heavy atom. The molecule has 0 atom stereocenters. The summed E-state index contributed by atoms with van der Waals surface area (Å²) in [4.78, 5) is 14.5. The lowest BCUT2D eigenvalue weighted by Gasteiger charge is -2.26. The summed E-state index contributed by atoms with van der Waals surface area (Å²) < 4.78 is 12.2. The molecular weight excluding hydrogens is 286 g/mol. The van der Waals surface area contributed by atoms with Crippen molar-refractivity contribution in [3.05, 3.63) is 40.1 Å². The van der Waals surface area contributed by atoms with Crippen molar-refractivity contribution in [3.8, 4) is 11.3 Å². The van der Waals surface area contributed by atoms with E-state index in [4.69, 9.17) is 8.83 Å². The van der Waals surface area contributed by atoms with Gasteiger partial charge in [0.05, 0.1) is 11.8 Å². The van der Waals surface area contributed by atoms with Crippen LogP contribution in [0.25, 0.3) is 21.6 Å². The topological polar surface area (TPSA) is 46.6 Å². The molecule has 0 N–H and O–H groups in total. The van der Waals surface area contributed by atoms with E-state index in [0.29, 0.717) is 16.2 Å². The van der Waals surface area contributed by atoms with Crippen molar-refractivity contribution in [2.45, 2.75) is 19.3 Å². The average molecular weight is 301 g/mol. The van der Waals surface area contributed by atoms with Gasteiger partial charge in [0, 0.05) is 24.5 Å². The van der Waals surface area contributed by atoms with Crippen molar-refractivity contribution in [3.63, 3.8) is 0 Å². The minimum atomic E-state index is 0.0274. The number of anilines is 1. The van der Waals surface area contributed by atoms with E-state index in [1.54, 1.807) is 12.3 Å². The van der Waals surface area contributed by atoms with Crippen molar-refractivity contribution >= 4 is 27.5 Å². The Balaban J connectivity index is 1.87. The molecular formula is C16H15NO3S. The Bertz CT molecular complexity index is 810. The van der Waals surface area contributed by atoms with Crippen LogP contribution in [-0.4, -0.2) is 13.1 Å². The van der Waals surface area contributed by atoms with Gasteiger partial charge >= 0.3 is 0 Å². The first-order valence-corrected chi connectivity index (χ1v) is 8.05. The second kappa shape index (κ2) is 5.07. The van der Waals surface area contributed by atoms with Gasteiger partial charge in [0.25, 0.3) is 0 Å². The number of thiophene rings is 1. The predicted molar refractivity (Wildman–Crippen MR) is 84.1 cm³/mol. The van der Waals surface area contributed by atoms with Gasteiger partial charge in [-0.25, -0.2) is 0 Å². The van der Waals surface area contributed by atoms with E-state index >= 15 is 0 Å². The van der Waals surface area contributed by atoms with Crippen LogP contribution in [0.2, 0.25) is 0 Å². The maximum absolute atomic E-state index is 12.3. The molecule has 0 spiro atoms. The van der Waals surface area contributed by atoms with E-state index < -0.39 is 0 Å². The highest BCUT2D eigenvalue weighted by atomic mass is 32.1. The Kier molecular flexibility index (Phi) is 3.07. The summed E-state index contributed by atoms with van der Waals surface area (Å²) in [7, 11) is 0. The van der Waals surface area contributed by atoms with E-state index in [-0.39, 0.29) is 5.43 Å². The molecule has 3 aromatic rings. The Hall–Kier alpha value is -2.01. The standard InChI is InChI=1S/C16H15NO3S/c18-12-9-14(17-6-2-1-3-7-17)20-15-11(10-21-16(12)15)13-5-4-8-19-13/h4-5,8-10H,1-3,6-7H2. The van der Waals surface area contributed by atoms with Gasteiger partial charge in [-0.2, -0.15) is 0 Å². The van der Waals surface area contributed by atoms with Gasteiger partial charge in [-0.05, 0) is 31.4 Å². The molecule has 1 aliphatic heterocycles. The molecule has 5 heteroatoms. The number of fused-ring (bicyclic) bond motifs is 1. The number of piperidine rings is 1. The quantitative estimate of drug-likeness (QED) is 0.715. The first-order valence-electron chi connectivity index (χ1n) is 7.17. The second-order valence-corrected chi connectivity index (χ2v) is 6.16. The maximum Gasteiger partial charge on any atom is 0.204 e. The summed E-state index contributed by atoms with van der Waals surface area (Å²) in [6.07, 6.45) is 5.18. The molecule has 0 saturated carbocycles. The van der Waals surface area contributed by atoms with Crippen LogP contribution < -0.4 is 10.3 Å². The molecule has 0 bridgehead atoms. The molecule has 0 aliphatic carbocycles. The Morgan fingerprint density at radius 2 is 2.05 bits per heavy atom. The van der Waals surface area contributed by atoms with Gasteiger partial charge in [-0.3, -0.25) is 4.79 Å². The van der Waals surface area contributed by atoms with Crippen LogP contribution in [0.15, 0.2) is 43.5 Å². The van der Waals surface area contributed by atoms with Crippen LogP contribution in [0, 0.1) is 0 Å². The van der Waals surface area contributed by atoms with E-state index in [0.717, 1.165) is 37.3 Å². The van der Waals surface area contributed by atoms with Crippen LogP contribution in [-0.2, 0) is 0 Å². The molecule has 4 nitrogen and oxygen atoms in total. The zero-order valence-corrected chi connectivity index (χ0v) is 12.3. The summed E-state index contributed by atoms with van der Waals surface area (Å²) in [6.45, 7) is 1.91. The van der Waals surface area contributed by atoms with Crippen LogP contribution in [0.1, 0.15) is 19.3 Å². The lowest BCUT2D eigenvalue weighted by Crippen LogP contribution is -2.29. The molecule has 1 saturated heterocycles. The average Bonchev–Trinajstić information content (AvgIpc) is 3.16. The molecule has 4 rings (SSSR count). The third-order valence-electron chi connectivity index (χ3n) is 3.88. The molecule has 0 radical (unpaired) electrons. The molecule has 1 aliphatic rings. The first kappa shape index (κ1) is 12.7. The van der Waals surface area contributed by atoms with Crippen LogP contribution in [0.3, 0.4) is 0 Å². The zero-order valence-electron chi connectivity index (χ0n) is 11.5. The van der Waals surface area contributed by atoms with E-state index in [1.807, 2.05) is 17.5 Å². The number of furan rings is 1. The van der Waals surface area contributed by atoms with Gasteiger partial charge in [0.2, 0.25) is 5.43 Å². The lowest BCUT2D eigenvalue weighted by atomic mass is 10.1. The van der Waals surface area contributed by atoms with Gasteiger partial charge in [0.15, 0.2) is 11.5 Å². The summed E-state index contributed by atoms with van der Waals surface area (Å²) >= 11 is 1.41. The van der Waals surface area contributed by atoms with E-state index in [1.165, 1.54) is 17.8 Å². The number of hydrogen-bond acceptors (Lipinski definition) is 5. The number of rotatable bonds is 2. The predicted octanol–water partition coefficient (Wildman–Crippen LogP) is 4.10. The van der Waals surface area contributed by atoms with Gasteiger partial charge in [-0.15, -0.1) is 11.3 Å². The molecule has 0 unspecified atom stereocenters. The van der Waals surface area contributed by atoms with Gasteiger partial charge in [0.1, 0.15) is 10.5 Å². The Morgan fingerprint density at radius 1 is 1.19 bits per heavy atom. The summed E-state index contributed by atoms with van der Waals surface area (Å²) in [6, 6.07) is 5.34. The molecule has 108 valence electrons. The van der Waals surface area contributed by atoms with Crippen LogP contribution >= 0.6 is 11.3 Å². The van der Waals surface area contributed by atoms with Gasteiger partial charge in [-0.1, -0.05) is 0 Å². The highest BCUT2D eigenvalue weighted by Crippen LogP contribution is 2.34. The van der Waals surface area contributed by atoms with Gasteiger partial charge < -0.3 is 13.7 Å². The fourth-order valence-electron chi connectivity index (χ4n) is 2.80. The minimum absolute atomic E-state index is 0.0274. The summed E-state index contributed by atoms with van der Waals surface area (Å²) in [5, 5.41) is 1.92. The fourth-order valence-corrected chi connectivity index (χ4v) is 3.69. The largest absolute Gasteiger partial charge is 0.464 e. The highest BCUT2D eigenvalue weighted by Gasteiger charge is 2.19. The van der Waals surface area contributed by atoms with E-state index in [2.05, 4.69) is 4.90 Å². The Labute approximate surface area is 125 Å². The molecule has 1 fully saturated rings. The lowest BCUT2D eigenvalue weighted by molar-refractivity contribution is 0.512. The monoisotopic (exact) mass is 301 g/mol. The third kappa shape index (κ3) is 2.17. The van der Waals surface area contributed by atoms with Crippen molar-refractivity contribution in [2.24, 2.45) is 0 Å². The summed E-state index contributed by atoms with van der Waals surface area (Å²) in [5.41, 5.74) is 1.53. The van der Waals surface area contributed by atoms with Crippen molar-refractivity contribution in [2.75, 3.05) is 18.0 Å². The van der Waals surface area contributed by atoms with Crippen LogP contribution in [0.5, 0.6) is 0 Å². The first-order chi connectivity index (χ1) is 10.3. The molecule has 21 heavy (non-hydrogen) atoms. The molecule has 0 aromatic carbocycles. The van der Waals surface area contributed by atoms with Crippen LogP contribution in [0.4, 0.5) is 5.88 Å². The highest BCUT2D eigenvalue weighted by molar-refractivity contribution is 7.17. The molecule has 4 heterocycles. The minimum Gasteiger partial charge on any atom is -0.464 e. The second-order valence-electron chi connectivity index (χ2n) is 5.28. The van der Waals surface area contributed by atoms with E-state index in [9.17, 15) is 4.79 Å².